The molecule has 1 N–H and O–H groups in total. The summed E-state index contributed by atoms with van der Waals surface area (Å²) in [5.74, 6) is -1.38. The van der Waals surface area contributed by atoms with Crippen LogP contribution >= 0.6 is 0 Å². The average Bonchev–Trinajstić information content (AvgIpc) is 3.07. The monoisotopic (exact) mass is 456 g/mol. The molecule has 0 aliphatic carbocycles. The van der Waals surface area contributed by atoms with Gasteiger partial charge in [-0.15, -0.1) is 0 Å². The van der Waals surface area contributed by atoms with E-state index in [1.165, 1.54) is 30.7 Å². The van der Waals surface area contributed by atoms with Crippen LogP contribution in [0.4, 0.5) is 11.4 Å². The van der Waals surface area contributed by atoms with Crippen LogP contribution in [0.25, 0.3) is 0 Å². The van der Waals surface area contributed by atoms with Crippen molar-refractivity contribution in [3.63, 3.8) is 0 Å². The molecule has 0 fully saturated rings. The lowest BCUT2D eigenvalue weighted by Crippen LogP contribution is -2.29. The Balaban J connectivity index is 1.48. The zero-order valence-electron chi connectivity index (χ0n) is 19.1. The summed E-state index contributed by atoms with van der Waals surface area (Å²) in [5, 5.41) is 2.63. The summed E-state index contributed by atoms with van der Waals surface area (Å²) < 4.78 is 5.41. The molecule has 1 aliphatic rings. The second-order valence-corrected chi connectivity index (χ2v) is 8.41. The molecular formula is C27H24N2O5. The van der Waals surface area contributed by atoms with E-state index >= 15 is 0 Å². The number of carbonyl (C=O) groups is 4. The van der Waals surface area contributed by atoms with E-state index in [1.807, 2.05) is 24.3 Å². The first kappa shape index (κ1) is 22.9. The minimum atomic E-state index is -0.575. The lowest BCUT2D eigenvalue weighted by Gasteiger charge is -2.14. The Morgan fingerprint density at radius 1 is 0.882 bits per heavy atom. The molecule has 7 heteroatoms. The van der Waals surface area contributed by atoms with Crippen molar-refractivity contribution >= 4 is 35.1 Å². The van der Waals surface area contributed by atoms with Crippen molar-refractivity contribution in [3.05, 3.63) is 94.5 Å². The van der Waals surface area contributed by atoms with Crippen LogP contribution in [0.5, 0.6) is 0 Å². The SMILES string of the molecule is CC(=O)Nc1ccc(N2C(=O)c3ccc(C(=O)OCc4ccc(C(C)C)cc4)cc3C2=O)cc1. The Labute approximate surface area is 197 Å². The standard InChI is InChI=1S/C27H24N2O5/c1-16(2)19-6-4-18(5-7-19)15-34-27(33)20-8-13-23-24(14-20)26(32)29(25(23)31)22-11-9-21(10-12-22)28-17(3)30/h4-14,16H,15H2,1-3H3,(H,28,30). The van der Waals surface area contributed by atoms with Crippen molar-refractivity contribution in [2.24, 2.45) is 0 Å². The molecule has 1 aliphatic heterocycles. The highest BCUT2D eigenvalue weighted by Crippen LogP contribution is 2.30. The maximum absolute atomic E-state index is 13.0. The maximum Gasteiger partial charge on any atom is 0.338 e. The molecule has 0 saturated heterocycles. The van der Waals surface area contributed by atoms with Gasteiger partial charge in [-0.3, -0.25) is 14.4 Å². The minimum absolute atomic E-state index is 0.105. The molecule has 172 valence electrons. The number of carbonyl (C=O) groups excluding carboxylic acids is 4. The van der Waals surface area contributed by atoms with E-state index < -0.39 is 17.8 Å². The molecular weight excluding hydrogens is 432 g/mol. The van der Waals surface area contributed by atoms with E-state index in [2.05, 4.69) is 19.2 Å². The number of hydrogen-bond donors (Lipinski definition) is 1. The number of nitrogens with zero attached hydrogens (tertiary/aromatic N) is 1. The van der Waals surface area contributed by atoms with Crippen LogP contribution in [0.3, 0.4) is 0 Å². The van der Waals surface area contributed by atoms with Crippen LogP contribution < -0.4 is 10.2 Å². The molecule has 7 nitrogen and oxygen atoms in total. The van der Waals surface area contributed by atoms with Crippen molar-refractivity contribution in [1.29, 1.82) is 0 Å². The van der Waals surface area contributed by atoms with Gasteiger partial charge in [-0.05, 0) is 59.5 Å². The van der Waals surface area contributed by atoms with Gasteiger partial charge in [0, 0.05) is 12.6 Å². The fourth-order valence-corrected chi connectivity index (χ4v) is 3.73. The maximum atomic E-state index is 13.0. The third-order valence-corrected chi connectivity index (χ3v) is 5.58. The van der Waals surface area contributed by atoms with Gasteiger partial charge < -0.3 is 10.1 Å². The smallest absolute Gasteiger partial charge is 0.338 e. The third-order valence-electron chi connectivity index (χ3n) is 5.58. The minimum Gasteiger partial charge on any atom is -0.457 e. The normalized spacial score (nSPS) is 12.6. The second-order valence-electron chi connectivity index (χ2n) is 8.41. The predicted octanol–water partition coefficient (Wildman–Crippen LogP) is 4.93. The predicted molar refractivity (Wildman–Crippen MR) is 128 cm³/mol. The number of fused-ring (bicyclic) bond motifs is 1. The van der Waals surface area contributed by atoms with Crippen LogP contribution in [0.2, 0.25) is 0 Å². The summed E-state index contributed by atoms with van der Waals surface area (Å²) >= 11 is 0. The molecule has 4 rings (SSSR count). The molecule has 3 amide bonds. The van der Waals surface area contributed by atoms with Crippen molar-refractivity contribution < 1.29 is 23.9 Å². The number of esters is 1. The van der Waals surface area contributed by atoms with Crippen molar-refractivity contribution in [1.82, 2.24) is 0 Å². The average molecular weight is 456 g/mol. The summed E-state index contributed by atoms with van der Waals surface area (Å²) in [4.78, 5) is 50.7. The van der Waals surface area contributed by atoms with Gasteiger partial charge in [0.25, 0.3) is 11.8 Å². The van der Waals surface area contributed by atoms with Gasteiger partial charge in [-0.25, -0.2) is 9.69 Å². The van der Waals surface area contributed by atoms with E-state index in [0.717, 1.165) is 10.5 Å². The van der Waals surface area contributed by atoms with Gasteiger partial charge in [0.2, 0.25) is 5.91 Å². The lowest BCUT2D eigenvalue weighted by molar-refractivity contribution is -0.114. The largest absolute Gasteiger partial charge is 0.457 e. The number of nitrogens with one attached hydrogen (secondary N) is 1. The van der Waals surface area contributed by atoms with E-state index in [9.17, 15) is 19.2 Å². The lowest BCUT2D eigenvalue weighted by atomic mass is 10.0. The number of ether oxygens (including phenoxy) is 1. The molecule has 3 aromatic rings. The molecule has 1 heterocycles. The van der Waals surface area contributed by atoms with Crippen LogP contribution in [-0.4, -0.2) is 23.7 Å². The highest BCUT2D eigenvalue weighted by molar-refractivity contribution is 6.34. The number of anilines is 2. The Bertz CT molecular complexity index is 1280. The molecule has 3 aromatic carbocycles. The summed E-state index contributed by atoms with van der Waals surface area (Å²) in [6.45, 7) is 5.71. The van der Waals surface area contributed by atoms with Crippen molar-refractivity contribution in [2.75, 3.05) is 10.2 Å². The Morgan fingerprint density at radius 3 is 2.15 bits per heavy atom. The van der Waals surface area contributed by atoms with Crippen LogP contribution in [0.15, 0.2) is 66.7 Å². The molecule has 0 unspecified atom stereocenters. The molecule has 0 bridgehead atoms. The zero-order chi connectivity index (χ0) is 24.4. The quantitative estimate of drug-likeness (QED) is 0.420. The van der Waals surface area contributed by atoms with E-state index in [4.69, 9.17) is 4.74 Å². The molecule has 0 saturated carbocycles. The van der Waals surface area contributed by atoms with Gasteiger partial charge in [-0.1, -0.05) is 38.1 Å². The highest BCUT2D eigenvalue weighted by atomic mass is 16.5. The summed E-state index contributed by atoms with van der Waals surface area (Å²) in [5.41, 5.74) is 3.54. The summed E-state index contributed by atoms with van der Waals surface area (Å²) in [6.07, 6.45) is 0. The highest BCUT2D eigenvalue weighted by Gasteiger charge is 2.37. The molecule has 34 heavy (non-hydrogen) atoms. The Morgan fingerprint density at radius 2 is 1.53 bits per heavy atom. The molecule has 0 atom stereocenters. The van der Waals surface area contributed by atoms with Crippen molar-refractivity contribution in [3.8, 4) is 0 Å². The number of imide groups is 1. The Kier molecular flexibility index (Phi) is 6.27. The van der Waals surface area contributed by atoms with Crippen LogP contribution in [0.1, 0.15) is 68.9 Å². The summed E-state index contributed by atoms with van der Waals surface area (Å²) in [7, 11) is 0. The summed E-state index contributed by atoms with van der Waals surface area (Å²) in [6, 6.07) is 18.6. The van der Waals surface area contributed by atoms with Crippen LogP contribution in [0, 0.1) is 0 Å². The van der Waals surface area contributed by atoms with Crippen molar-refractivity contribution in [2.45, 2.75) is 33.3 Å². The topological polar surface area (TPSA) is 92.8 Å². The first-order chi connectivity index (χ1) is 16.2. The number of hydrogen-bond acceptors (Lipinski definition) is 5. The number of amides is 3. The zero-order valence-corrected chi connectivity index (χ0v) is 19.1. The van der Waals surface area contributed by atoms with E-state index in [-0.39, 0.29) is 29.2 Å². The first-order valence-corrected chi connectivity index (χ1v) is 10.9. The third kappa shape index (κ3) is 4.59. The molecule has 0 aromatic heterocycles. The second kappa shape index (κ2) is 9.31. The fourth-order valence-electron chi connectivity index (χ4n) is 3.73. The van der Waals surface area contributed by atoms with Gasteiger partial charge in [0.05, 0.1) is 22.4 Å². The number of rotatable bonds is 6. The Hall–Kier alpha value is -4.26. The number of benzene rings is 3. The fraction of sp³-hybridized carbons (Fsp3) is 0.185. The molecule has 0 spiro atoms. The molecule has 0 radical (unpaired) electrons. The van der Waals surface area contributed by atoms with Gasteiger partial charge >= 0.3 is 5.97 Å². The van der Waals surface area contributed by atoms with Gasteiger partial charge in [-0.2, -0.15) is 0 Å². The van der Waals surface area contributed by atoms with Crippen LogP contribution in [-0.2, 0) is 16.1 Å². The van der Waals surface area contributed by atoms with Gasteiger partial charge in [0.15, 0.2) is 0 Å². The van der Waals surface area contributed by atoms with E-state index in [0.29, 0.717) is 17.3 Å². The van der Waals surface area contributed by atoms with Gasteiger partial charge in [0.1, 0.15) is 6.61 Å². The van der Waals surface area contributed by atoms with E-state index in [1.54, 1.807) is 24.3 Å². The first-order valence-electron chi connectivity index (χ1n) is 10.9.